The summed E-state index contributed by atoms with van der Waals surface area (Å²) in [5.41, 5.74) is 5.37. The average molecular weight is 413 g/mol. The number of imide groups is 1. The van der Waals surface area contributed by atoms with E-state index in [1.165, 1.54) is 6.21 Å². The van der Waals surface area contributed by atoms with Crippen molar-refractivity contribution < 1.29 is 9.59 Å². The monoisotopic (exact) mass is 412 g/mol. The van der Waals surface area contributed by atoms with E-state index >= 15 is 0 Å². The number of carbonyl (C=O) groups excluding carboxylic acids is 2. The van der Waals surface area contributed by atoms with Crippen LogP contribution in [0.1, 0.15) is 39.7 Å². The number of hydrazone groups is 1. The summed E-state index contributed by atoms with van der Waals surface area (Å²) >= 11 is 6.04. The molecule has 146 valence electrons. The van der Waals surface area contributed by atoms with Gasteiger partial charge < -0.3 is 0 Å². The molecule has 30 heavy (non-hydrogen) atoms. The molecule has 3 aliphatic carbocycles. The SMILES string of the molecule is O=C1[C@H]2C3c4ccccc4C(c4ccccc43)[C@@H]2C(=O)N1/N=C\c1cccc(Cl)c1. The molecule has 5 heteroatoms. The topological polar surface area (TPSA) is 49.7 Å². The van der Waals surface area contributed by atoms with Crippen LogP contribution in [-0.2, 0) is 9.59 Å². The van der Waals surface area contributed by atoms with Gasteiger partial charge in [0.25, 0.3) is 11.8 Å². The van der Waals surface area contributed by atoms with Gasteiger partial charge in [0.15, 0.2) is 0 Å². The second kappa shape index (κ2) is 6.38. The fourth-order valence-corrected chi connectivity index (χ4v) is 5.69. The van der Waals surface area contributed by atoms with E-state index < -0.39 is 11.8 Å². The van der Waals surface area contributed by atoms with Crippen molar-refractivity contribution in [3.8, 4) is 0 Å². The first-order chi connectivity index (χ1) is 14.6. The zero-order valence-electron chi connectivity index (χ0n) is 15.9. The number of nitrogens with zero attached hydrogens (tertiary/aromatic N) is 2. The first-order valence-corrected chi connectivity index (χ1v) is 10.4. The van der Waals surface area contributed by atoms with Gasteiger partial charge in [-0.15, -0.1) is 0 Å². The standard InChI is InChI=1S/C25H17ClN2O2/c26-15-7-5-6-14(12-15)13-27-28-24(29)22-20-16-8-1-2-9-17(16)21(23(22)25(28)30)19-11-4-3-10-18(19)20/h1-13,20-23H/b27-13-/t20?,21?,22-,23-/m0/s1. The molecule has 0 spiro atoms. The van der Waals surface area contributed by atoms with Gasteiger partial charge in [0.05, 0.1) is 18.1 Å². The molecule has 0 aromatic heterocycles. The first-order valence-electron chi connectivity index (χ1n) is 10.00. The van der Waals surface area contributed by atoms with Crippen LogP contribution < -0.4 is 0 Å². The predicted molar refractivity (Wildman–Crippen MR) is 114 cm³/mol. The van der Waals surface area contributed by atoms with Crippen LogP contribution in [0, 0.1) is 11.8 Å². The molecule has 7 rings (SSSR count). The Morgan fingerprint density at radius 1 is 0.733 bits per heavy atom. The third-order valence-electron chi connectivity index (χ3n) is 6.60. The second-order valence-corrected chi connectivity index (χ2v) is 8.49. The van der Waals surface area contributed by atoms with Crippen molar-refractivity contribution in [3.63, 3.8) is 0 Å². The Kier molecular flexibility index (Phi) is 3.74. The normalized spacial score (nSPS) is 26.1. The Balaban J connectivity index is 1.46. The Labute approximate surface area is 178 Å². The van der Waals surface area contributed by atoms with Crippen molar-refractivity contribution in [2.45, 2.75) is 11.8 Å². The van der Waals surface area contributed by atoms with Crippen molar-refractivity contribution in [2.24, 2.45) is 16.9 Å². The van der Waals surface area contributed by atoms with Crippen LogP contribution in [0.3, 0.4) is 0 Å². The minimum Gasteiger partial charge on any atom is -0.272 e. The maximum atomic E-state index is 13.4. The van der Waals surface area contributed by atoms with Gasteiger partial charge in [0, 0.05) is 16.9 Å². The van der Waals surface area contributed by atoms with Crippen molar-refractivity contribution in [3.05, 3.63) is 106 Å². The highest BCUT2D eigenvalue weighted by Crippen LogP contribution is 2.60. The summed E-state index contributed by atoms with van der Waals surface area (Å²) in [5.74, 6) is -1.50. The van der Waals surface area contributed by atoms with Crippen LogP contribution in [0.25, 0.3) is 0 Å². The summed E-state index contributed by atoms with van der Waals surface area (Å²) in [5, 5.41) is 5.95. The van der Waals surface area contributed by atoms with Crippen LogP contribution >= 0.6 is 11.6 Å². The number of hydrogen-bond acceptors (Lipinski definition) is 3. The number of halogens is 1. The minimum absolute atomic E-state index is 0.116. The van der Waals surface area contributed by atoms with Gasteiger partial charge in [-0.25, -0.2) is 0 Å². The lowest BCUT2D eigenvalue weighted by Crippen LogP contribution is -2.41. The molecule has 1 fully saturated rings. The quantitative estimate of drug-likeness (QED) is 0.457. The lowest BCUT2D eigenvalue weighted by Gasteiger charge is -2.45. The van der Waals surface area contributed by atoms with Gasteiger partial charge in [-0.3, -0.25) is 9.59 Å². The Hall–Kier alpha value is -3.24. The minimum atomic E-state index is -0.413. The maximum absolute atomic E-state index is 13.4. The summed E-state index contributed by atoms with van der Waals surface area (Å²) in [6, 6.07) is 23.6. The largest absolute Gasteiger partial charge is 0.272 e. The van der Waals surface area contributed by atoms with E-state index in [0.717, 1.165) is 32.8 Å². The van der Waals surface area contributed by atoms with E-state index in [1.807, 2.05) is 36.4 Å². The van der Waals surface area contributed by atoms with E-state index in [9.17, 15) is 9.59 Å². The highest BCUT2D eigenvalue weighted by atomic mass is 35.5. The summed E-state index contributed by atoms with van der Waals surface area (Å²) in [7, 11) is 0. The van der Waals surface area contributed by atoms with Crippen molar-refractivity contribution >= 4 is 29.6 Å². The fraction of sp³-hybridized carbons (Fsp3) is 0.160. The van der Waals surface area contributed by atoms with Crippen molar-refractivity contribution in [1.29, 1.82) is 0 Å². The lowest BCUT2D eigenvalue weighted by molar-refractivity contribution is -0.139. The molecule has 1 saturated heterocycles. The van der Waals surface area contributed by atoms with Gasteiger partial charge in [-0.1, -0.05) is 72.3 Å². The molecular weight excluding hydrogens is 396 g/mol. The molecule has 1 aliphatic heterocycles. The van der Waals surface area contributed by atoms with E-state index in [4.69, 9.17) is 11.6 Å². The van der Waals surface area contributed by atoms with Crippen LogP contribution in [0.4, 0.5) is 0 Å². The van der Waals surface area contributed by atoms with E-state index in [0.29, 0.717) is 5.02 Å². The van der Waals surface area contributed by atoms with Crippen LogP contribution in [-0.4, -0.2) is 23.0 Å². The molecule has 3 aromatic carbocycles. The highest BCUT2D eigenvalue weighted by Gasteiger charge is 2.61. The Bertz CT molecular complexity index is 1140. The van der Waals surface area contributed by atoms with Crippen LogP contribution in [0.15, 0.2) is 77.9 Å². The predicted octanol–water partition coefficient (Wildman–Crippen LogP) is 4.57. The second-order valence-electron chi connectivity index (χ2n) is 8.05. The molecule has 2 atom stereocenters. The fourth-order valence-electron chi connectivity index (χ4n) is 5.49. The number of amides is 2. The first kappa shape index (κ1) is 17.6. The number of carbonyl (C=O) groups is 2. The zero-order chi connectivity index (χ0) is 20.4. The van der Waals surface area contributed by atoms with Gasteiger partial charge in [0.1, 0.15) is 0 Å². The molecule has 0 radical (unpaired) electrons. The highest BCUT2D eigenvalue weighted by molar-refractivity contribution is 6.30. The van der Waals surface area contributed by atoms with Gasteiger partial charge in [-0.05, 0) is 39.9 Å². The zero-order valence-corrected chi connectivity index (χ0v) is 16.7. The molecule has 4 nitrogen and oxygen atoms in total. The molecule has 4 aliphatic rings. The number of hydrogen-bond donors (Lipinski definition) is 0. The van der Waals surface area contributed by atoms with E-state index in [2.05, 4.69) is 29.4 Å². The lowest BCUT2D eigenvalue weighted by atomic mass is 9.55. The molecule has 0 N–H and O–H groups in total. The Morgan fingerprint density at radius 2 is 1.23 bits per heavy atom. The van der Waals surface area contributed by atoms with Crippen LogP contribution in [0.5, 0.6) is 0 Å². The number of rotatable bonds is 2. The summed E-state index contributed by atoms with van der Waals surface area (Å²) in [6.07, 6.45) is 1.53. The molecule has 2 bridgehead atoms. The summed E-state index contributed by atoms with van der Waals surface area (Å²) in [4.78, 5) is 26.8. The molecule has 3 aromatic rings. The number of benzene rings is 3. The smallest absolute Gasteiger partial charge is 0.254 e. The molecule has 0 saturated carbocycles. The molecule has 0 unspecified atom stereocenters. The third kappa shape index (κ3) is 2.31. The maximum Gasteiger partial charge on any atom is 0.254 e. The average Bonchev–Trinajstić information content (AvgIpc) is 3.03. The Morgan fingerprint density at radius 3 is 1.70 bits per heavy atom. The third-order valence-corrected chi connectivity index (χ3v) is 6.83. The van der Waals surface area contributed by atoms with Crippen molar-refractivity contribution in [2.75, 3.05) is 0 Å². The summed E-state index contributed by atoms with van der Waals surface area (Å²) in [6.45, 7) is 0. The van der Waals surface area contributed by atoms with Crippen molar-refractivity contribution in [1.82, 2.24) is 5.01 Å². The van der Waals surface area contributed by atoms with Crippen LogP contribution in [0.2, 0.25) is 5.02 Å². The van der Waals surface area contributed by atoms with Gasteiger partial charge >= 0.3 is 0 Å². The van der Waals surface area contributed by atoms with Gasteiger partial charge in [0.2, 0.25) is 0 Å². The molecular formula is C25H17ClN2O2. The van der Waals surface area contributed by atoms with Gasteiger partial charge in [-0.2, -0.15) is 10.1 Å². The van der Waals surface area contributed by atoms with E-state index in [-0.39, 0.29) is 23.7 Å². The molecule has 2 amide bonds. The van der Waals surface area contributed by atoms with E-state index in [1.54, 1.807) is 12.1 Å². The summed E-state index contributed by atoms with van der Waals surface area (Å²) < 4.78 is 0. The molecule has 1 heterocycles.